The van der Waals surface area contributed by atoms with Gasteiger partial charge in [-0.1, -0.05) is 42.5 Å². The van der Waals surface area contributed by atoms with Gasteiger partial charge in [-0.2, -0.15) is 0 Å². The topological polar surface area (TPSA) is 73.9 Å². The van der Waals surface area contributed by atoms with E-state index in [0.29, 0.717) is 37.6 Å². The Balaban J connectivity index is 2.11. The van der Waals surface area contributed by atoms with Gasteiger partial charge >= 0.3 is 5.97 Å². The molecule has 0 radical (unpaired) electrons. The van der Waals surface area contributed by atoms with E-state index in [2.05, 4.69) is 5.32 Å². The molecule has 150 valence electrons. The van der Waals surface area contributed by atoms with Gasteiger partial charge in [0.15, 0.2) is 0 Å². The molecule has 1 amide bonds. The standard InChI is InChI=1S/C22H27NO5/c1-3-26-14-15-28-20-13-9-8-12-18(20)21(24)23-19(22(25)27-4-2)16-17-10-6-5-7-11-17/h5-13,19H,3-4,14-16H2,1-2H3,(H,23,24). The lowest BCUT2D eigenvalue weighted by molar-refractivity contribution is -0.145. The molecule has 1 atom stereocenters. The molecular weight excluding hydrogens is 358 g/mol. The fraction of sp³-hybridized carbons (Fsp3) is 0.364. The van der Waals surface area contributed by atoms with Crippen LogP contribution in [0.5, 0.6) is 5.75 Å². The van der Waals surface area contributed by atoms with Crippen LogP contribution in [0.15, 0.2) is 54.6 Å². The number of esters is 1. The van der Waals surface area contributed by atoms with E-state index in [0.717, 1.165) is 5.56 Å². The first-order valence-corrected chi connectivity index (χ1v) is 9.46. The van der Waals surface area contributed by atoms with Crippen LogP contribution in [-0.2, 0) is 20.7 Å². The first-order valence-electron chi connectivity index (χ1n) is 9.46. The van der Waals surface area contributed by atoms with Crippen molar-refractivity contribution >= 4 is 11.9 Å². The Morgan fingerprint density at radius 2 is 1.64 bits per heavy atom. The van der Waals surface area contributed by atoms with Crippen LogP contribution in [-0.4, -0.2) is 44.3 Å². The average Bonchev–Trinajstić information content (AvgIpc) is 2.72. The Hall–Kier alpha value is -2.86. The van der Waals surface area contributed by atoms with E-state index in [1.807, 2.05) is 37.3 Å². The molecule has 0 aliphatic rings. The molecule has 2 aromatic carbocycles. The van der Waals surface area contributed by atoms with Crippen LogP contribution in [0.2, 0.25) is 0 Å². The highest BCUT2D eigenvalue weighted by molar-refractivity contribution is 5.99. The van der Waals surface area contributed by atoms with Crippen LogP contribution in [0.3, 0.4) is 0 Å². The smallest absolute Gasteiger partial charge is 0.328 e. The average molecular weight is 385 g/mol. The van der Waals surface area contributed by atoms with Crippen molar-refractivity contribution in [2.75, 3.05) is 26.4 Å². The van der Waals surface area contributed by atoms with Crippen molar-refractivity contribution in [2.45, 2.75) is 26.3 Å². The first kappa shape index (κ1) is 21.4. The molecule has 1 N–H and O–H groups in total. The van der Waals surface area contributed by atoms with E-state index in [4.69, 9.17) is 14.2 Å². The van der Waals surface area contributed by atoms with Crippen LogP contribution in [0, 0.1) is 0 Å². The third-order valence-electron chi connectivity index (χ3n) is 3.98. The molecule has 0 aromatic heterocycles. The van der Waals surface area contributed by atoms with Gasteiger partial charge in [0, 0.05) is 13.0 Å². The van der Waals surface area contributed by atoms with E-state index in [1.165, 1.54) is 0 Å². The van der Waals surface area contributed by atoms with Crippen molar-refractivity contribution in [3.8, 4) is 5.75 Å². The Morgan fingerprint density at radius 1 is 0.929 bits per heavy atom. The second-order valence-electron chi connectivity index (χ2n) is 6.01. The summed E-state index contributed by atoms with van der Waals surface area (Å²) in [6, 6.07) is 15.6. The molecular formula is C22H27NO5. The largest absolute Gasteiger partial charge is 0.490 e. The number of nitrogens with one attached hydrogen (secondary N) is 1. The number of benzene rings is 2. The lowest BCUT2D eigenvalue weighted by atomic mass is 10.1. The summed E-state index contributed by atoms with van der Waals surface area (Å²) in [4.78, 5) is 25.2. The van der Waals surface area contributed by atoms with Crippen molar-refractivity contribution in [3.05, 3.63) is 65.7 Å². The number of hydrogen-bond acceptors (Lipinski definition) is 5. The Bertz CT molecular complexity index is 748. The Labute approximate surface area is 165 Å². The van der Waals surface area contributed by atoms with Gasteiger partial charge in [-0.05, 0) is 31.5 Å². The number of carbonyl (C=O) groups is 2. The van der Waals surface area contributed by atoms with E-state index in [1.54, 1.807) is 31.2 Å². The predicted molar refractivity (Wildman–Crippen MR) is 106 cm³/mol. The van der Waals surface area contributed by atoms with Gasteiger partial charge in [0.1, 0.15) is 18.4 Å². The highest BCUT2D eigenvalue weighted by Gasteiger charge is 2.24. The Morgan fingerprint density at radius 3 is 2.36 bits per heavy atom. The number of rotatable bonds is 11. The van der Waals surface area contributed by atoms with Crippen molar-refractivity contribution in [1.82, 2.24) is 5.32 Å². The fourth-order valence-electron chi connectivity index (χ4n) is 2.66. The lowest BCUT2D eigenvalue weighted by Gasteiger charge is -2.18. The quantitative estimate of drug-likeness (QED) is 0.475. The maximum Gasteiger partial charge on any atom is 0.328 e. The van der Waals surface area contributed by atoms with Crippen LogP contribution in [0.1, 0.15) is 29.8 Å². The predicted octanol–water partition coefficient (Wildman–Crippen LogP) is 3.01. The van der Waals surface area contributed by atoms with Crippen molar-refractivity contribution in [2.24, 2.45) is 0 Å². The van der Waals surface area contributed by atoms with Gasteiger partial charge in [0.25, 0.3) is 5.91 Å². The molecule has 0 fully saturated rings. The number of hydrogen-bond donors (Lipinski definition) is 1. The molecule has 0 aliphatic carbocycles. The third-order valence-corrected chi connectivity index (χ3v) is 3.98. The molecule has 2 aromatic rings. The molecule has 0 saturated heterocycles. The minimum Gasteiger partial charge on any atom is -0.490 e. The highest BCUT2D eigenvalue weighted by Crippen LogP contribution is 2.18. The van der Waals surface area contributed by atoms with Gasteiger partial charge < -0.3 is 19.5 Å². The molecule has 0 bridgehead atoms. The van der Waals surface area contributed by atoms with Gasteiger partial charge in [-0.15, -0.1) is 0 Å². The van der Waals surface area contributed by atoms with Crippen LogP contribution < -0.4 is 10.1 Å². The zero-order valence-corrected chi connectivity index (χ0v) is 16.4. The normalized spacial score (nSPS) is 11.5. The zero-order valence-electron chi connectivity index (χ0n) is 16.4. The monoisotopic (exact) mass is 385 g/mol. The number of ether oxygens (including phenoxy) is 3. The Kier molecular flexibility index (Phi) is 9.01. The van der Waals surface area contributed by atoms with E-state index in [9.17, 15) is 9.59 Å². The highest BCUT2D eigenvalue weighted by atomic mass is 16.5. The van der Waals surface area contributed by atoms with Crippen molar-refractivity contribution < 1.29 is 23.8 Å². The van der Waals surface area contributed by atoms with Crippen LogP contribution in [0.25, 0.3) is 0 Å². The summed E-state index contributed by atoms with van der Waals surface area (Å²) < 4.78 is 16.1. The summed E-state index contributed by atoms with van der Waals surface area (Å²) >= 11 is 0. The number of amides is 1. The lowest BCUT2D eigenvalue weighted by Crippen LogP contribution is -2.43. The molecule has 0 heterocycles. The second kappa shape index (κ2) is 11.8. The van der Waals surface area contributed by atoms with Gasteiger partial charge in [-0.25, -0.2) is 4.79 Å². The molecule has 0 saturated carbocycles. The first-order chi connectivity index (χ1) is 13.7. The minimum absolute atomic E-state index is 0.247. The van der Waals surface area contributed by atoms with Crippen LogP contribution in [0.4, 0.5) is 0 Å². The summed E-state index contributed by atoms with van der Waals surface area (Å²) in [5.74, 6) is -0.405. The maximum absolute atomic E-state index is 12.8. The molecule has 0 aliphatic heterocycles. The SMILES string of the molecule is CCOCCOc1ccccc1C(=O)NC(Cc1ccccc1)C(=O)OCC. The van der Waals surface area contributed by atoms with E-state index in [-0.39, 0.29) is 12.5 Å². The molecule has 28 heavy (non-hydrogen) atoms. The van der Waals surface area contributed by atoms with Gasteiger partial charge in [0.2, 0.25) is 0 Å². The summed E-state index contributed by atoms with van der Waals surface area (Å²) in [5, 5.41) is 2.78. The molecule has 6 nitrogen and oxygen atoms in total. The van der Waals surface area contributed by atoms with Crippen LogP contribution >= 0.6 is 0 Å². The summed E-state index contributed by atoms with van der Waals surface area (Å²) in [5.41, 5.74) is 1.29. The molecule has 2 rings (SSSR count). The molecule has 0 spiro atoms. The van der Waals surface area contributed by atoms with Crippen molar-refractivity contribution in [3.63, 3.8) is 0 Å². The summed E-state index contributed by atoms with van der Waals surface area (Å²) in [7, 11) is 0. The zero-order chi connectivity index (χ0) is 20.2. The molecule has 1 unspecified atom stereocenters. The van der Waals surface area contributed by atoms with Crippen molar-refractivity contribution in [1.29, 1.82) is 0 Å². The van der Waals surface area contributed by atoms with Gasteiger partial charge in [-0.3, -0.25) is 4.79 Å². The number of para-hydroxylation sites is 1. The fourth-order valence-corrected chi connectivity index (χ4v) is 2.66. The van der Waals surface area contributed by atoms with E-state index < -0.39 is 12.0 Å². The molecule has 6 heteroatoms. The summed E-state index contributed by atoms with van der Waals surface area (Å²) in [6.45, 7) is 5.27. The number of carbonyl (C=O) groups excluding carboxylic acids is 2. The van der Waals surface area contributed by atoms with Gasteiger partial charge in [0.05, 0.1) is 18.8 Å². The summed E-state index contributed by atoms with van der Waals surface area (Å²) in [6.07, 6.45) is 0.346. The maximum atomic E-state index is 12.8. The minimum atomic E-state index is -0.786. The van der Waals surface area contributed by atoms with E-state index >= 15 is 0 Å². The third kappa shape index (κ3) is 6.70. The second-order valence-corrected chi connectivity index (χ2v) is 6.01.